The van der Waals surface area contributed by atoms with Gasteiger partial charge in [0.05, 0.1) is 25.4 Å². The maximum absolute atomic E-state index is 11.1. The molecule has 31 heavy (non-hydrogen) atoms. The predicted molar refractivity (Wildman–Crippen MR) is 124 cm³/mol. The fourth-order valence-corrected chi connectivity index (χ4v) is 7.44. The van der Waals surface area contributed by atoms with E-state index in [4.69, 9.17) is 10.5 Å². The third kappa shape index (κ3) is 4.49. The second-order valence-corrected chi connectivity index (χ2v) is 11.3. The van der Waals surface area contributed by atoms with Gasteiger partial charge in [-0.25, -0.2) is 0 Å². The summed E-state index contributed by atoms with van der Waals surface area (Å²) in [7, 11) is 0. The lowest BCUT2D eigenvalue weighted by Crippen LogP contribution is -2.54. The summed E-state index contributed by atoms with van der Waals surface area (Å²) in [4.78, 5) is 2.47. The molecular weight excluding hydrogens is 390 g/mol. The summed E-state index contributed by atoms with van der Waals surface area (Å²) in [6.07, 6.45) is 4.66. The van der Waals surface area contributed by atoms with E-state index in [1.54, 1.807) is 0 Å². The van der Waals surface area contributed by atoms with Gasteiger partial charge in [-0.1, -0.05) is 26.0 Å². The molecule has 0 bridgehead atoms. The monoisotopic (exact) mass is 435 g/mol. The highest BCUT2D eigenvalue weighted by atomic mass is 16.5. The van der Waals surface area contributed by atoms with Crippen molar-refractivity contribution >= 4 is 0 Å². The van der Waals surface area contributed by atoms with E-state index in [1.165, 1.54) is 5.57 Å². The Balaban J connectivity index is 1.48. The van der Waals surface area contributed by atoms with E-state index in [2.05, 4.69) is 30.6 Å². The number of nitrogens with zero attached hydrogens (tertiary/aromatic N) is 1. The quantitative estimate of drug-likeness (QED) is 0.375. The van der Waals surface area contributed by atoms with Gasteiger partial charge < -0.3 is 26.0 Å². The fraction of sp³-hybridized carbons (Fsp3) is 0.920. The average molecular weight is 436 g/mol. The molecule has 1 heterocycles. The molecule has 8 atom stereocenters. The molecule has 1 aliphatic heterocycles. The highest BCUT2D eigenvalue weighted by molar-refractivity contribution is 5.26. The number of hydrogen-bond donors (Lipinski definition) is 4. The van der Waals surface area contributed by atoms with E-state index in [0.717, 1.165) is 78.0 Å². The van der Waals surface area contributed by atoms with Crippen molar-refractivity contribution in [3.63, 3.8) is 0 Å². The zero-order valence-corrected chi connectivity index (χ0v) is 19.7. The molecule has 0 amide bonds. The first-order valence-electron chi connectivity index (χ1n) is 12.6. The maximum atomic E-state index is 11.1. The molecule has 4 aliphatic rings. The van der Waals surface area contributed by atoms with Crippen molar-refractivity contribution in [2.45, 2.75) is 70.6 Å². The molecule has 0 spiro atoms. The molecule has 178 valence electrons. The Hall–Kier alpha value is -0.500. The minimum atomic E-state index is -0.431. The van der Waals surface area contributed by atoms with Crippen LogP contribution in [0.1, 0.15) is 52.4 Å². The SMILES string of the molecule is C=C1C(N)CC2[C@H](CNCCN3CCOCC3)C([C@@]3(C)CC[C@H](O)C[C@@H]3O)CC[C@]12C. The van der Waals surface area contributed by atoms with Gasteiger partial charge in [0, 0.05) is 32.2 Å². The lowest BCUT2D eigenvalue weighted by atomic mass is 9.51. The number of morpholine rings is 1. The van der Waals surface area contributed by atoms with Crippen molar-refractivity contribution in [3.8, 4) is 0 Å². The maximum Gasteiger partial charge on any atom is 0.0621 e. The van der Waals surface area contributed by atoms with Crippen LogP contribution >= 0.6 is 0 Å². The summed E-state index contributed by atoms with van der Waals surface area (Å²) in [6, 6.07) is 0.0931. The Kier molecular flexibility index (Phi) is 7.17. The van der Waals surface area contributed by atoms with Crippen LogP contribution < -0.4 is 11.1 Å². The minimum Gasteiger partial charge on any atom is -0.393 e. The second-order valence-electron chi connectivity index (χ2n) is 11.3. The number of nitrogens with one attached hydrogen (secondary N) is 1. The van der Waals surface area contributed by atoms with Crippen molar-refractivity contribution in [1.29, 1.82) is 0 Å². The van der Waals surface area contributed by atoms with E-state index in [-0.39, 0.29) is 23.0 Å². The second kappa shape index (κ2) is 9.40. The van der Waals surface area contributed by atoms with E-state index in [0.29, 0.717) is 24.2 Å². The van der Waals surface area contributed by atoms with Crippen molar-refractivity contribution in [3.05, 3.63) is 12.2 Å². The molecule has 6 heteroatoms. The molecule has 0 aromatic rings. The van der Waals surface area contributed by atoms with Gasteiger partial charge in [-0.3, -0.25) is 4.90 Å². The molecule has 5 N–H and O–H groups in total. The van der Waals surface area contributed by atoms with Gasteiger partial charge in [-0.2, -0.15) is 0 Å². The minimum absolute atomic E-state index is 0.0931. The van der Waals surface area contributed by atoms with Gasteiger partial charge in [-0.15, -0.1) is 0 Å². The van der Waals surface area contributed by atoms with Crippen LogP contribution in [0.25, 0.3) is 0 Å². The molecule has 4 rings (SSSR count). The standard InChI is InChI=1S/C25H45N3O3/c1-17-22(26)15-21-19(16-27-8-9-28-10-12-31-13-11-28)20(5-7-24(17,21)2)25(3)6-4-18(29)14-23(25)30/h18-23,27,29-30H,1,4-16,26H2,2-3H3/t18-,19+,20?,21?,22?,23-,24+,25+/m0/s1. The van der Waals surface area contributed by atoms with Crippen LogP contribution in [0.3, 0.4) is 0 Å². The predicted octanol–water partition coefficient (Wildman–Crippen LogP) is 1.76. The molecule has 0 radical (unpaired) electrons. The topological polar surface area (TPSA) is 91.0 Å². The van der Waals surface area contributed by atoms with Crippen LogP contribution in [-0.4, -0.2) is 79.3 Å². The van der Waals surface area contributed by atoms with E-state index < -0.39 is 6.10 Å². The van der Waals surface area contributed by atoms with Crippen molar-refractivity contribution in [2.75, 3.05) is 45.9 Å². The highest BCUT2D eigenvalue weighted by Crippen LogP contribution is 2.62. The van der Waals surface area contributed by atoms with Gasteiger partial charge >= 0.3 is 0 Å². The Morgan fingerprint density at radius 3 is 2.58 bits per heavy atom. The van der Waals surface area contributed by atoms with Crippen LogP contribution in [0.4, 0.5) is 0 Å². The Morgan fingerprint density at radius 2 is 1.87 bits per heavy atom. The van der Waals surface area contributed by atoms with Crippen LogP contribution in [0.2, 0.25) is 0 Å². The first kappa shape index (κ1) is 23.7. The molecule has 3 aliphatic carbocycles. The number of aliphatic hydroxyl groups excluding tert-OH is 2. The van der Waals surface area contributed by atoms with Crippen LogP contribution in [-0.2, 0) is 4.74 Å². The van der Waals surface area contributed by atoms with E-state index in [1.807, 2.05) is 0 Å². The van der Waals surface area contributed by atoms with Gasteiger partial charge in [0.15, 0.2) is 0 Å². The summed E-state index contributed by atoms with van der Waals surface area (Å²) >= 11 is 0. The Morgan fingerprint density at radius 1 is 1.13 bits per heavy atom. The van der Waals surface area contributed by atoms with Crippen LogP contribution in [0.5, 0.6) is 0 Å². The largest absolute Gasteiger partial charge is 0.393 e. The van der Waals surface area contributed by atoms with Gasteiger partial charge in [0.1, 0.15) is 0 Å². The zero-order valence-electron chi connectivity index (χ0n) is 19.7. The number of aliphatic hydroxyl groups is 2. The van der Waals surface area contributed by atoms with Gasteiger partial charge in [-0.05, 0) is 73.7 Å². The fourth-order valence-electron chi connectivity index (χ4n) is 7.44. The number of nitrogens with two attached hydrogens (primary N) is 1. The molecule has 0 aromatic heterocycles. The third-order valence-electron chi connectivity index (χ3n) is 9.72. The molecule has 0 aromatic carbocycles. The smallest absolute Gasteiger partial charge is 0.0621 e. The van der Waals surface area contributed by atoms with E-state index >= 15 is 0 Å². The summed E-state index contributed by atoms with van der Waals surface area (Å²) in [5, 5.41) is 25.0. The van der Waals surface area contributed by atoms with E-state index in [9.17, 15) is 10.2 Å². The number of rotatable bonds is 6. The molecule has 3 unspecified atom stereocenters. The zero-order chi connectivity index (χ0) is 22.2. The third-order valence-corrected chi connectivity index (χ3v) is 9.72. The molecule has 1 saturated heterocycles. The average Bonchev–Trinajstić information content (AvgIpc) is 2.99. The van der Waals surface area contributed by atoms with Gasteiger partial charge in [0.2, 0.25) is 0 Å². The Labute approximate surface area is 188 Å². The molecule has 3 saturated carbocycles. The summed E-state index contributed by atoms with van der Waals surface area (Å²) in [5.41, 5.74) is 7.73. The first-order valence-corrected chi connectivity index (χ1v) is 12.6. The molecule has 6 nitrogen and oxygen atoms in total. The lowest BCUT2D eigenvalue weighted by molar-refractivity contribution is -0.118. The van der Waals surface area contributed by atoms with Crippen molar-refractivity contribution < 1.29 is 14.9 Å². The normalized spacial score (nSPS) is 46.8. The summed E-state index contributed by atoms with van der Waals surface area (Å²) in [5.74, 6) is 1.44. The van der Waals surface area contributed by atoms with Crippen molar-refractivity contribution in [2.24, 2.45) is 34.3 Å². The summed E-state index contributed by atoms with van der Waals surface area (Å²) in [6.45, 7) is 15.8. The molecular formula is C25H45N3O3. The molecule has 4 fully saturated rings. The van der Waals surface area contributed by atoms with Gasteiger partial charge in [0.25, 0.3) is 0 Å². The Bertz CT molecular complexity index is 640. The number of hydrogen-bond acceptors (Lipinski definition) is 6. The van der Waals surface area contributed by atoms with Crippen molar-refractivity contribution in [1.82, 2.24) is 10.2 Å². The van der Waals surface area contributed by atoms with Crippen LogP contribution in [0, 0.1) is 28.6 Å². The van der Waals surface area contributed by atoms with Crippen LogP contribution in [0.15, 0.2) is 12.2 Å². The summed E-state index contributed by atoms with van der Waals surface area (Å²) < 4.78 is 5.47. The first-order chi connectivity index (χ1) is 14.8. The highest BCUT2D eigenvalue weighted by Gasteiger charge is 2.58. The number of ether oxygens (including phenoxy) is 1. The number of fused-ring (bicyclic) bond motifs is 1. The lowest BCUT2D eigenvalue weighted by Gasteiger charge is -2.55.